The molecule has 6 atom stereocenters. The molecule has 0 aromatic heterocycles. The van der Waals surface area contributed by atoms with E-state index in [1.165, 1.54) is 32.1 Å². The summed E-state index contributed by atoms with van der Waals surface area (Å²) < 4.78 is 55.3. The zero-order chi connectivity index (χ0) is 35.2. The lowest BCUT2D eigenvalue weighted by Gasteiger charge is -2.46. The van der Waals surface area contributed by atoms with Gasteiger partial charge in [-0.05, 0) is 48.0 Å². The highest BCUT2D eigenvalue weighted by Crippen LogP contribution is 2.34. The third-order valence-electron chi connectivity index (χ3n) is 9.56. The van der Waals surface area contributed by atoms with Crippen molar-refractivity contribution in [1.82, 2.24) is 0 Å². The molecule has 6 nitrogen and oxygen atoms in total. The zero-order valence-electron chi connectivity index (χ0n) is 30.3. The van der Waals surface area contributed by atoms with Crippen LogP contribution in [0.1, 0.15) is 69.1 Å². The van der Waals surface area contributed by atoms with Crippen LogP contribution in [0.2, 0.25) is 13.1 Å². The molecule has 1 saturated heterocycles. The number of halogens is 1. The van der Waals surface area contributed by atoms with Gasteiger partial charge in [-0.2, -0.15) is 0 Å². The van der Waals surface area contributed by atoms with E-state index in [1.807, 2.05) is 104 Å². The lowest BCUT2D eigenvalue weighted by Crippen LogP contribution is -2.62. The number of allylic oxidation sites excluding steroid dienone is 1. The third kappa shape index (κ3) is 12.2. The van der Waals surface area contributed by atoms with E-state index < -0.39 is 39.3 Å². The third-order valence-corrected chi connectivity index (χ3v) is 11.2. The maximum absolute atomic E-state index is 16.4. The van der Waals surface area contributed by atoms with E-state index in [0.717, 1.165) is 29.0 Å². The minimum atomic E-state index is -2.94. The van der Waals surface area contributed by atoms with Crippen molar-refractivity contribution in [3.05, 3.63) is 120 Å². The Balaban J connectivity index is 1.35. The summed E-state index contributed by atoms with van der Waals surface area (Å²) in [5, 5.41) is 0. The van der Waals surface area contributed by atoms with Crippen molar-refractivity contribution in [3.63, 3.8) is 0 Å². The molecule has 0 radical (unpaired) electrons. The second-order valence-corrected chi connectivity index (χ2v) is 17.8. The van der Waals surface area contributed by atoms with Crippen LogP contribution in [0.3, 0.4) is 0 Å². The first-order valence-electron chi connectivity index (χ1n) is 18.5. The molecule has 1 aliphatic heterocycles. The Morgan fingerprint density at radius 1 is 0.740 bits per heavy atom. The molecule has 1 heterocycles. The van der Waals surface area contributed by atoms with Crippen LogP contribution in [0.4, 0.5) is 4.39 Å². The highest BCUT2D eigenvalue weighted by Gasteiger charge is 2.51. The van der Waals surface area contributed by atoms with Crippen LogP contribution in [0, 0.1) is 11.8 Å². The Morgan fingerprint density at radius 2 is 1.28 bits per heavy atom. The van der Waals surface area contributed by atoms with Crippen LogP contribution < -0.4 is 0 Å². The van der Waals surface area contributed by atoms with Crippen LogP contribution in [-0.4, -0.2) is 52.0 Å². The summed E-state index contributed by atoms with van der Waals surface area (Å²) in [7, 11) is -2.94. The summed E-state index contributed by atoms with van der Waals surface area (Å²) >= 11 is 0. The van der Waals surface area contributed by atoms with E-state index in [2.05, 4.69) is 26.0 Å². The summed E-state index contributed by atoms with van der Waals surface area (Å²) in [6.07, 6.45) is 6.99. The predicted octanol–water partition coefficient (Wildman–Crippen LogP) is 9.72. The maximum Gasteiger partial charge on any atom is 0.332 e. The fraction of sp³-hybridized carbons (Fsp3) is 0.524. The van der Waals surface area contributed by atoms with Crippen molar-refractivity contribution in [2.75, 3.05) is 6.61 Å². The fourth-order valence-corrected chi connectivity index (χ4v) is 8.78. The SMILES string of the molecule is CC(C)C(/C=C/CC1CCCCC1)O[Si](C)(C)O[C@@H]1[C@@H](OCc2ccccc2)[C@H](OCc2ccccc2)[C@@H](COCc2ccccc2)O[C@H]1F. The lowest BCUT2D eigenvalue weighted by atomic mass is 9.87. The maximum atomic E-state index is 16.4. The van der Waals surface area contributed by atoms with Gasteiger partial charge in [-0.1, -0.05) is 149 Å². The smallest absolute Gasteiger partial charge is 0.332 e. The van der Waals surface area contributed by atoms with Crippen LogP contribution >= 0.6 is 0 Å². The summed E-state index contributed by atoms with van der Waals surface area (Å²) in [6.45, 7) is 9.34. The van der Waals surface area contributed by atoms with Crippen LogP contribution in [-0.2, 0) is 47.6 Å². The van der Waals surface area contributed by atoms with E-state index in [-0.39, 0.29) is 25.2 Å². The second kappa shape index (κ2) is 19.8. The van der Waals surface area contributed by atoms with Gasteiger partial charge in [-0.15, -0.1) is 0 Å². The molecule has 8 heteroatoms. The molecule has 0 amide bonds. The van der Waals surface area contributed by atoms with Gasteiger partial charge < -0.3 is 27.8 Å². The van der Waals surface area contributed by atoms with Gasteiger partial charge in [-0.25, -0.2) is 4.39 Å². The molecule has 1 saturated carbocycles. The average Bonchev–Trinajstić information content (AvgIpc) is 3.12. The molecule has 0 spiro atoms. The van der Waals surface area contributed by atoms with Crippen LogP contribution in [0.15, 0.2) is 103 Å². The highest BCUT2D eigenvalue weighted by atomic mass is 28.4. The molecular formula is C42H57FO6Si. The quantitative estimate of drug-likeness (QED) is 0.0971. The van der Waals surface area contributed by atoms with Crippen molar-refractivity contribution in [3.8, 4) is 0 Å². The molecule has 50 heavy (non-hydrogen) atoms. The van der Waals surface area contributed by atoms with E-state index in [4.69, 9.17) is 27.8 Å². The zero-order valence-corrected chi connectivity index (χ0v) is 31.3. The molecule has 2 fully saturated rings. The number of hydrogen-bond donors (Lipinski definition) is 0. The lowest BCUT2D eigenvalue weighted by molar-refractivity contribution is -0.286. The highest BCUT2D eigenvalue weighted by molar-refractivity contribution is 6.64. The Kier molecular flexibility index (Phi) is 15.3. The Bertz CT molecular complexity index is 1390. The molecule has 3 aromatic carbocycles. The normalized spacial score (nSPS) is 24.2. The standard InChI is InChI=1S/C42H57FO6Si/c1-32(2)37(27-17-26-33-18-9-5-10-19-33)48-50(3,4)49-41-40(46-30-36-24-15-8-16-25-36)39(45-29-35-22-13-7-14-23-35)38(47-42(41)43)31-44-28-34-20-11-6-12-21-34/h6-8,11-17,20-25,27,32-33,37-42H,5,9-10,18-19,26,28-31H2,1-4H3/b27-17+/t37?,38-,39-,40+,41-,42-/m1/s1. The van der Waals surface area contributed by atoms with E-state index in [1.54, 1.807) is 0 Å². The molecule has 0 bridgehead atoms. The van der Waals surface area contributed by atoms with E-state index in [9.17, 15) is 0 Å². The topological polar surface area (TPSA) is 55.4 Å². The number of rotatable bonds is 18. The van der Waals surface area contributed by atoms with Crippen molar-refractivity contribution in [1.29, 1.82) is 0 Å². The first-order chi connectivity index (χ1) is 24.3. The van der Waals surface area contributed by atoms with E-state index in [0.29, 0.717) is 13.2 Å². The van der Waals surface area contributed by atoms with Crippen molar-refractivity contribution in [2.24, 2.45) is 11.8 Å². The minimum Gasteiger partial charge on any atom is -0.388 e. The monoisotopic (exact) mass is 704 g/mol. The second-order valence-electron chi connectivity index (χ2n) is 14.5. The molecule has 272 valence electrons. The van der Waals surface area contributed by atoms with Gasteiger partial charge in [0.05, 0.1) is 32.5 Å². The van der Waals surface area contributed by atoms with Gasteiger partial charge in [0.1, 0.15) is 24.4 Å². The fourth-order valence-electron chi connectivity index (χ4n) is 6.83. The average molecular weight is 705 g/mol. The molecule has 3 aromatic rings. The van der Waals surface area contributed by atoms with Gasteiger partial charge >= 0.3 is 8.56 Å². The van der Waals surface area contributed by atoms with Gasteiger partial charge in [0.2, 0.25) is 6.36 Å². The van der Waals surface area contributed by atoms with Gasteiger partial charge in [-0.3, -0.25) is 0 Å². The number of hydrogen-bond acceptors (Lipinski definition) is 6. The largest absolute Gasteiger partial charge is 0.388 e. The number of alkyl halides is 1. The van der Waals surface area contributed by atoms with E-state index >= 15 is 4.39 Å². The Hall–Kier alpha value is -2.69. The number of ether oxygens (including phenoxy) is 4. The van der Waals surface area contributed by atoms with Crippen LogP contribution in [0.25, 0.3) is 0 Å². The van der Waals surface area contributed by atoms with Gasteiger partial charge in [0.25, 0.3) is 0 Å². The summed E-state index contributed by atoms with van der Waals surface area (Å²) in [5.74, 6) is 0.982. The predicted molar refractivity (Wildman–Crippen MR) is 198 cm³/mol. The Morgan fingerprint density at radius 3 is 1.84 bits per heavy atom. The summed E-state index contributed by atoms with van der Waals surface area (Å²) in [5.41, 5.74) is 3.00. The summed E-state index contributed by atoms with van der Waals surface area (Å²) in [6, 6.07) is 29.7. The first kappa shape index (κ1) is 38.5. The Labute approximate surface area is 300 Å². The van der Waals surface area contributed by atoms with Crippen molar-refractivity contribution < 1.29 is 32.2 Å². The molecule has 5 rings (SSSR count). The van der Waals surface area contributed by atoms with Crippen molar-refractivity contribution >= 4 is 8.56 Å². The molecule has 2 aliphatic rings. The molecular weight excluding hydrogens is 648 g/mol. The molecule has 1 unspecified atom stereocenters. The number of benzene rings is 3. The van der Waals surface area contributed by atoms with Gasteiger partial charge in [0, 0.05) is 0 Å². The van der Waals surface area contributed by atoms with Crippen molar-refractivity contribution in [2.45, 2.75) is 122 Å². The van der Waals surface area contributed by atoms with Gasteiger partial charge in [0.15, 0.2) is 0 Å². The summed E-state index contributed by atoms with van der Waals surface area (Å²) in [4.78, 5) is 0. The molecule has 1 aliphatic carbocycles. The first-order valence-corrected chi connectivity index (χ1v) is 21.3. The minimum absolute atomic E-state index is 0.130. The molecule has 0 N–H and O–H groups in total. The van der Waals surface area contributed by atoms with Crippen LogP contribution in [0.5, 0.6) is 0 Å².